The lowest BCUT2D eigenvalue weighted by molar-refractivity contribution is -0.140. The highest BCUT2D eigenvalue weighted by Crippen LogP contribution is 2.04. The molecule has 0 amide bonds. The summed E-state index contributed by atoms with van der Waals surface area (Å²) >= 11 is 5.11. The van der Waals surface area contributed by atoms with Gasteiger partial charge in [-0.05, 0) is 30.8 Å². The Kier molecular flexibility index (Phi) is 6.03. The van der Waals surface area contributed by atoms with Crippen LogP contribution in [0.5, 0.6) is 0 Å². The lowest BCUT2D eigenvalue weighted by Crippen LogP contribution is -2.29. The normalized spacial score (nSPS) is 9.47. The number of methoxy groups -OCH3 is 1. The quantitative estimate of drug-likeness (QED) is 0.476. The molecule has 0 unspecified atom stereocenters. The van der Waals surface area contributed by atoms with Crippen LogP contribution in [0.15, 0.2) is 30.3 Å². The minimum absolute atomic E-state index is 0.200. The van der Waals surface area contributed by atoms with E-state index in [1.165, 1.54) is 7.11 Å². The monoisotopic (exact) mass is 252 g/mol. The summed E-state index contributed by atoms with van der Waals surface area (Å²) in [6.45, 7) is 0.647. The van der Waals surface area contributed by atoms with Gasteiger partial charge in [0.1, 0.15) is 0 Å². The third-order valence-corrected chi connectivity index (χ3v) is 2.35. The van der Waals surface area contributed by atoms with E-state index in [2.05, 4.69) is 15.4 Å². The first-order valence-electron chi connectivity index (χ1n) is 5.39. The van der Waals surface area contributed by atoms with Gasteiger partial charge in [0.25, 0.3) is 0 Å². The van der Waals surface area contributed by atoms with Gasteiger partial charge in [0, 0.05) is 18.7 Å². The number of para-hydroxylation sites is 1. The molecule has 4 nitrogen and oxygen atoms in total. The first-order valence-corrected chi connectivity index (χ1v) is 5.80. The van der Waals surface area contributed by atoms with Crippen molar-refractivity contribution in [3.05, 3.63) is 30.3 Å². The molecule has 1 rings (SSSR count). The number of thiocarbonyl (C=S) groups is 1. The van der Waals surface area contributed by atoms with Crippen LogP contribution in [-0.4, -0.2) is 24.7 Å². The number of hydrogen-bond donors (Lipinski definition) is 2. The van der Waals surface area contributed by atoms with E-state index in [1.54, 1.807) is 0 Å². The maximum Gasteiger partial charge on any atom is 0.305 e. The van der Waals surface area contributed by atoms with Crippen molar-refractivity contribution in [1.29, 1.82) is 0 Å². The van der Waals surface area contributed by atoms with Crippen LogP contribution in [0.4, 0.5) is 5.69 Å². The average molecular weight is 252 g/mol. The smallest absolute Gasteiger partial charge is 0.305 e. The van der Waals surface area contributed by atoms with Crippen LogP contribution < -0.4 is 10.6 Å². The van der Waals surface area contributed by atoms with Gasteiger partial charge in [-0.15, -0.1) is 0 Å². The van der Waals surface area contributed by atoms with E-state index >= 15 is 0 Å². The molecule has 2 N–H and O–H groups in total. The fraction of sp³-hybridized carbons (Fsp3) is 0.333. The highest BCUT2D eigenvalue weighted by atomic mass is 32.1. The first-order chi connectivity index (χ1) is 8.22. The molecule has 17 heavy (non-hydrogen) atoms. The number of rotatable bonds is 5. The van der Waals surface area contributed by atoms with Gasteiger partial charge >= 0.3 is 5.97 Å². The molecule has 1 aromatic rings. The number of esters is 1. The molecule has 0 heterocycles. The van der Waals surface area contributed by atoms with Crippen LogP contribution in [0.2, 0.25) is 0 Å². The maximum atomic E-state index is 10.8. The molecular weight excluding hydrogens is 236 g/mol. The summed E-state index contributed by atoms with van der Waals surface area (Å²) in [5.41, 5.74) is 0.943. The van der Waals surface area contributed by atoms with Crippen LogP contribution >= 0.6 is 12.2 Å². The standard InChI is InChI=1S/C12H16N2O2S/c1-16-11(15)8-5-9-13-12(17)14-10-6-3-2-4-7-10/h2-4,6-7H,5,8-9H2,1H3,(H2,13,14,17). The Labute approximate surface area is 106 Å². The molecule has 0 aromatic heterocycles. The lowest BCUT2D eigenvalue weighted by atomic mass is 10.3. The van der Waals surface area contributed by atoms with Gasteiger partial charge in [0.05, 0.1) is 7.11 Å². The Hall–Kier alpha value is -1.62. The van der Waals surface area contributed by atoms with Crippen molar-refractivity contribution in [2.45, 2.75) is 12.8 Å². The van der Waals surface area contributed by atoms with Crippen LogP contribution in [0.1, 0.15) is 12.8 Å². The molecule has 92 valence electrons. The second-order valence-corrected chi connectivity index (χ2v) is 3.83. The Morgan fingerprint density at radius 1 is 1.35 bits per heavy atom. The van der Waals surface area contributed by atoms with Crippen molar-refractivity contribution < 1.29 is 9.53 Å². The van der Waals surface area contributed by atoms with Crippen LogP contribution in [0.3, 0.4) is 0 Å². The number of carbonyl (C=O) groups is 1. The molecular formula is C12H16N2O2S. The van der Waals surface area contributed by atoms with Gasteiger partial charge in [-0.1, -0.05) is 18.2 Å². The molecule has 0 aliphatic carbocycles. The predicted octanol–water partition coefficient (Wildman–Crippen LogP) is 1.93. The predicted molar refractivity (Wildman–Crippen MR) is 71.9 cm³/mol. The van der Waals surface area contributed by atoms with Crippen molar-refractivity contribution in [1.82, 2.24) is 5.32 Å². The van der Waals surface area contributed by atoms with E-state index in [1.807, 2.05) is 30.3 Å². The molecule has 0 aliphatic rings. The third-order valence-electron chi connectivity index (χ3n) is 2.10. The summed E-state index contributed by atoms with van der Waals surface area (Å²) in [5, 5.41) is 6.63. The Bertz CT molecular complexity index is 368. The Balaban J connectivity index is 2.16. The summed E-state index contributed by atoms with van der Waals surface area (Å²) in [6.07, 6.45) is 1.10. The van der Waals surface area contributed by atoms with Gasteiger partial charge in [0.2, 0.25) is 0 Å². The van der Waals surface area contributed by atoms with E-state index in [4.69, 9.17) is 12.2 Å². The first kappa shape index (κ1) is 13.4. The number of benzene rings is 1. The highest BCUT2D eigenvalue weighted by molar-refractivity contribution is 7.80. The minimum Gasteiger partial charge on any atom is -0.469 e. The SMILES string of the molecule is COC(=O)CCCNC(=S)Nc1ccccc1. The summed E-state index contributed by atoms with van der Waals surface area (Å²) in [5.74, 6) is -0.200. The fourth-order valence-electron chi connectivity index (χ4n) is 1.23. The zero-order valence-corrected chi connectivity index (χ0v) is 10.5. The molecule has 0 bridgehead atoms. The molecule has 0 atom stereocenters. The Morgan fingerprint density at radius 2 is 2.06 bits per heavy atom. The Morgan fingerprint density at radius 3 is 2.71 bits per heavy atom. The van der Waals surface area contributed by atoms with Crippen LogP contribution in [0, 0.1) is 0 Å². The molecule has 0 saturated carbocycles. The van der Waals surface area contributed by atoms with Crippen molar-refractivity contribution in [3.63, 3.8) is 0 Å². The van der Waals surface area contributed by atoms with Gasteiger partial charge in [0.15, 0.2) is 5.11 Å². The van der Waals surface area contributed by atoms with E-state index in [0.29, 0.717) is 24.5 Å². The summed E-state index contributed by atoms with van der Waals surface area (Å²) in [7, 11) is 1.39. The maximum absolute atomic E-state index is 10.8. The zero-order chi connectivity index (χ0) is 12.5. The molecule has 5 heteroatoms. The average Bonchev–Trinajstić information content (AvgIpc) is 2.35. The van der Waals surface area contributed by atoms with Crippen molar-refractivity contribution in [2.75, 3.05) is 19.0 Å². The lowest BCUT2D eigenvalue weighted by Gasteiger charge is -2.09. The second-order valence-electron chi connectivity index (χ2n) is 3.43. The van der Waals surface area contributed by atoms with Crippen LogP contribution in [-0.2, 0) is 9.53 Å². The number of nitrogens with one attached hydrogen (secondary N) is 2. The van der Waals surface area contributed by atoms with Crippen molar-refractivity contribution in [2.24, 2.45) is 0 Å². The number of ether oxygens (including phenoxy) is 1. The summed E-state index contributed by atoms with van der Waals surface area (Å²) in [4.78, 5) is 10.8. The van der Waals surface area contributed by atoms with E-state index < -0.39 is 0 Å². The van der Waals surface area contributed by atoms with Crippen molar-refractivity contribution >= 4 is 29.0 Å². The van der Waals surface area contributed by atoms with E-state index in [0.717, 1.165) is 5.69 Å². The molecule has 0 fully saturated rings. The highest BCUT2D eigenvalue weighted by Gasteiger charge is 2.00. The van der Waals surface area contributed by atoms with Gasteiger partial charge in [-0.3, -0.25) is 4.79 Å². The summed E-state index contributed by atoms with van der Waals surface area (Å²) in [6, 6.07) is 9.67. The molecule has 0 saturated heterocycles. The fourth-order valence-corrected chi connectivity index (χ4v) is 1.45. The third kappa shape index (κ3) is 5.87. The number of carbonyl (C=O) groups excluding carboxylic acids is 1. The molecule has 0 radical (unpaired) electrons. The van der Waals surface area contributed by atoms with Gasteiger partial charge in [-0.25, -0.2) is 0 Å². The van der Waals surface area contributed by atoms with E-state index in [-0.39, 0.29) is 5.97 Å². The zero-order valence-electron chi connectivity index (χ0n) is 9.73. The van der Waals surface area contributed by atoms with E-state index in [9.17, 15) is 4.79 Å². The topological polar surface area (TPSA) is 50.4 Å². The summed E-state index contributed by atoms with van der Waals surface area (Å²) < 4.78 is 4.54. The second kappa shape index (κ2) is 7.62. The van der Waals surface area contributed by atoms with Crippen molar-refractivity contribution in [3.8, 4) is 0 Å². The number of anilines is 1. The van der Waals surface area contributed by atoms with Gasteiger partial charge < -0.3 is 15.4 Å². The van der Waals surface area contributed by atoms with Gasteiger partial charge in [-0.2, -0.15) is 0 Å². The molecule has 0 aliphatic heterocycles. The minimum atomic E-state index is -0.200. The number of hydrogen-bond acceptors (Lipinski definition) is 3. The largest absolute Gasteiger partial charge is 0.469 e. The molecule has 1 aromatic carbocycles. The van der Waals surface area contributed by atoms with Crippen LogP contribution in [0.25, 0.3) is 0 Å². The molecule has 0 spiro atoms.